The van der Waals surface area contributed by atoms with Crippen LogP contribution in [0, 0.1) is 5.41 Å². The lowest BCUT2D eigenvalue weighted by molar-refractivity contribution is 0.474. The highest BCUT2D eigenvalue weighted by molar-refractivity contribution is 9.10. The summed E-state index contributed by atoms with van der Waals surface area (Å²) in [6, 6.07) is 5.44. The highest BCUT2D eigenvalue weighted by atomic mass is 75.9. The standard InChI is InChI=1S/C11H14BrNO/c1-8(13)3-2-4-9-5-10(12)7-11(14)6-9/h5-7,13-14H,2-4H2,1H3/i12-4. The van der Waals surface area contributed by atoms with Crippen LogP contribution < -0.4 is 0 Å². The van der Waals surface area contributed by atoms with E-state index in [0.29, 0.717) is 11.5 Å². The molecule has 0 atom stereocenters. The van der Waals surface area contributed by atoms with Crippen molar-refractivity contribution in [2.75, 3.05) is 0 Å². The minimum atomic E-state index is 0.293. The molecule has 0 unspecified atom stereocenters. The van der Waals surface area contributed by atoms with Crippen molar-refractivity contribution in [1.82, 2.24) is 0 Å². The molecule has 0 aliphatic carbocycles. The van der Waals surface area contributed by atoms with Gasteiger partial charge in [0.05, 0.1) is 0 Å². The second-order valence-corrected chi connectivity index (χ2v) is 4.37. The van der Waals surface area contributed by atoms with E-state index >= 15 is 0 Å². The number of rotatable bonds is 4. The number of phenolic OH excluding ortho intramolecular Hbond substituents is 1. The van der Waals surface area contributed by atoms with Crippen molar-refractivity contribution < 1.29 is 5.11 Å². The van der Waals surface area contributed by atoms with Crippen LogP contribution in [0.25, 0.3) is 0 Å². The monoisotopic (exact) mass is 252 g/mol. The van der Waals surface area contributed by atoms with Crippen molar-refractivity contribution in [3.05, 3.63) is 28.2 Å². The maximum absolute atomic E-state index is 9.33. The van der Waals surface area contributed by atoms with Crippen molar-refractivity contribution in [2.45, 2.75) is 26.2 Å². The van der Waals surface area contributed by atoms with E-state index in [1.165, 1.54) is 0 Å². The lowest BCUT2D eigenvalue weighted by atomic mass is 10.1. The molecule has 0 fully saturated rings. The lowest BCUT2D eigenvalue weighted by Gasteiger charge is -2.02. The molecule has 0 heterocycles. The predicted molar refractivity (Wildman–Crippen MR) is 62.1 cm³/mol. The second-order valence-electron chi connectivity index (χ2n) is 3.45. The molecular weight excluding hydrogens is 238 g/mol. The maximum atomic E-state index is 9.33. The van der Waals surface area contributed by atoms with E-state index in [9.17, 15) is 5.11 Å². The fourth-order valence-corrected chi connectivity index (χ4v) is 1.86. The number of aromatic hydroxyl groups is 1. The Bertz CT molecular complexity index is 316. The number of halogens is 1. The Morgan fingerprint density at radius 3 is 2.71 bits per heavy atom. The summed E-state index contributed by atoms with van der Waals surface area (Å²) in [6.07, 6.45) is 2.70. The highest BCUT2D eigenvalue weighted by Crippen LogP contribution is 2.21. The molecule has 0 aliphatic heterocycles. The van der Waals surface area contributed by atoms with Gasteiger partial charge in [0, 0.05) is 10.2 Å². The van der Waals surface area contributed by atoms with E-state index in [-0.39, 0.29) is 0 Å². The number of benzene rings is 1. The first kappa shape index (κ1) is 11.2. The molecule has 0 radical (unpaired) electrons. The van der Waals surface area contributed by atoms with Crippen molar-refractivity contribution in [1.29, 1.82) is 5.41 Å². The molecule has 0 bridgehead atoms. The van der Waals surface area contributed by atoms with Crippen molar-refractivity contribution in [2.24, 2.45) is 0 Å². The van der Waals surface area contributed by atoms with Gasteiger partial charge in [-0.2, -0.15) is 0 Å². The minimum Gasteiger partial charge on any atom is -0.508 e. The maximum Gasteiger partial charge on any atom is 0.116 e. The van der Waals surface area contributed by atoms with E-state index in [1.54, 1.807) is 12.1 Å². The first-order valence-electron chi connectivity index (χ1n) is 4.60. The summed E-state index contributed by atoms with van der Waals surface area (Å²) in [5.41, 5.74) is 1.82. The van der Waals surface area contributed by atoms with E-state index in [2.05, 4.69) is 15.9 Å². The second kappa shape index (κ2) is 5.15. The van der Waals surface area contributed by atoms with Crippen molar-refractivity contribution >= 4 is 21.6 Å². The fraction of sp³-hybridized carbons (Fsp3) is 0.364. The van der Waals surface area contributed by atoms with Crippen LogP contribution >= 0.6 is 15.9 Å². The van der Waals surface area contributed by atoms with Crippen LogP contribution in [0.15, 0.2) is 22.7 Å². The largest absolute Gasteiger partial charge is 0.508 e. The average molecular weight is 252 g/mol. The quantitative estimate of drug-likeness (QED) is 0.791. The fourth-order valence-electron chi connectivity index (χ4n) is 1.34. The van der Waals surface area contributed by atoms with E-state index in [4.69, 9.17) is 5.41 Å². The SMILES string of the molecule is CC(=N)CCCc1cc(O)cc([76Br])c1. The molecule has 0 aliphatic rings. The zero-order chi connectivity index (χ0) is 10.6. The smallest absolute Gasteiger partial charge is 0.116 e. The van der Waals surface area contributed by atoms with Crippen molar-refractivity contribution in [3.63, 3.8) is 0 Å². The number of hydrogen-bond donors (Lipinski definition) is 2. The molecule has 1 aromatic rings. The molecule has 76 valence electrons. The molecule has 0 aromatic heterocycles. The summed E-state index contributed by atoms with van der Waals surface area (Å²) in [4.78, 5) is 0. The molecule has 2 N–H and O–H groups in total. The highest BCUT2D eigenvalue weighted by Gasteiger charge is 1.98. The third-order valence-corrected chi connectivity index (χ3v) is 2.42. The molecule has 0 amide bonds. The van der Waals surface area contributed by atoms with Gasteiger partial charge < -0.3 is 10.5 Å². The molecule has 0 saturated heterocycles. The van der Waals surface area contributed by atoms with Gasteiger partial charge in [-0.3, -0.25) is 0 Å². The Labute approximate surface area is 92.6 Å². The molecule has 1 rings (SSSR count). The van der Waals surface area contributed by atoms with Crippen LogP contribution in [0.1, 0.15) is 25.3 Å². The molecular formula is C11H14BrNO. The Morgan fingerprint density at radius 1 is 1.43 bits per heavy atom. The Hall–Kier alpha value is -0.830. The van der Waals surface area contributed by atoms with Crippen LogP contribution in [-0.2, 0) is 6.42 Å². The van der Waals surface area contributed by atoms with E-state index in [0.717, 1.165) is 29.3 Å². The third kappa shape index (κ3) is 3.92. The molecule has 0 saturated carbocycles. The number of nitrogens with one attached hydrogen (secondary N) is 1. The van der Waals surface area contributed by atoms with Crippen LogP contribution in [0.3, 0.4) is 0 Å². The summed E-state index contributed by atoms with van der Waals surface area (Å²) in [5.74, 6) is 0.293. The van der Waals surface area contributed by atoms with Gasteiger partial charge in [-0.25, -0.2) is 0 Å². The van der Waals surface area contributed by atoms with Gasteiger partial charge in [-0.05, 0) is 49.9 Å². The van der Waals surface area contributed by atoms with Gasteiger partial charge >= 0.3 is 0 Å². The van der Waals surface area contributed by atoms with Crippen LogP contribution in [-0.4, -0.2) is 10.8 Å². The Kier molecular flexibility index (Phi) is 4.14. The lowest BCUT2D eigenvalue weighted by Crippen LogP contribution is -1.91. The first-order chi connectivity index (χ1) is 6.58. The molecule has 2 nitrogen and oxygen atoms in total. The van der Waals surface area contributed by atoms with Gasteiger partial charge in [0.25, 0.3) is 0 Å². The van der Waals surface area contributed by atoms with Gasteiger partial charge in [0.15, 0.2) is 0 Å². The van der Waals surface area contributed by atoms with E-state index in [1.807, 2.05) is 13.0 Å². The summed E-state index contributed by atoms with van der Waals surface area (Å²) in [5, 5.41) is 16.6. The normalized spacial score (nSPS) is 10.1. The topological polar surface area (TPSA) is 44.1 Å². The van der Waals surface area contributed by atoms with Gasteiger partial charge in [0.1, 0.15) is 5.75 Å². The average Bonchev–Trinajstić information content (AvgIpc) is 2.01. The number of phenols is 1. The van der Waals surface area contributed by atoms with Crippen molar-refractivity contribution in [3.8, 4) is 5.75 Å². The zero-order valence-corrected chi connectivity index (χ0v) is 9.76. The number of hydrogen-bond acceptors (Lipinski definition) is 2. The van der Waals surface area contributed by atoms with Crippen LogP contribution in [0.5, 0.6) is 5.75 Å². The molecule has 1 aromatic carbocycles. The Morgan fingerprint density at radius 2 is 2.14 bits per heavy atom. The van der Waals surface area contributed by atoms with Gasteiger partial charge in [-0.15, -0.1) is 0 Å². The zero-order valence-electron chi connectivity index (χ0n) is 8.18. The molecule has 14 heavy (non-hydrogen) atoms. The van der Waals surface area contributed by atoms with Crippen LogP contribution in [0.4, 0.5) is 0 Å². The van der Waals surface area contributed by atoms with Gasteiger partial charge in [0.2, 0.25) is 0 Å². The van der Waals surface area contributed by atoms with E-state index < -0.39 is 0 Å². The third-order valence-electron chi connectivity index (χ3n) is 1.96. The van der Waals surface area contributed by atoms with Gasteiger partial charge in [-0.1, -0.05) is 15.9 Å². The number of aryl methyl sites for hydroxylation is 1. The molecule has 0 spiro atoms. The summed E-state index contributed by atoms with van der Waals surface area (Å²) in [6.45, 7) is 1.82. The minimum absolute atomic E-state index is 0.293. The summed E-state index contributed by atoms with van der Waals surface area (Å²) in [7, 11) is 0. The summed E-state index contributed by atoms with van der Waals surface area (Å²) < 4.78 is 0.902. The van der Waals surface area contributed by atoms with Crippen LogP contribution in [0.2, 0.25) is 0 Å². The predicted octanol–water partition coefficient (Wildman–Crippen LogP) is 3.52. The first-order valence-corrected chi connectivity index (χ1v) is 5.39. The summed E-state index contributed by atoms with van der Waals surface area (Å²) >= 11 is 3.33. The Balaban J connectivity index is 2.54. The molecule has 3 heteroatoms.